The van der Waals surface area contributed by atoms with Gasteiger partial charge in [-0.1, -0.05) is 53.7 Å². The summed E-state index contributed by atoms with van der Waals surface area (Å²) in [6, 6.07) is 14.0. The lowest BCUT2D eigenvalue weighted by molar-refractivity contribution is 0.106. The molecule has 1 aliphatic carbocycles. The Morgan fingerprint density at radius 1 is 1.08 bits per heavy atom. The minimum atomic E-state index is -0.271. The van der Waals surface area contributed by atoms with Gasteiger partial charge in [0, 0.05) is 11.0 Å². The van der Waals surface area contributed by atoms with Gasteiger partial charge in [0.15, 0.2) is 0 Å². The Bertz CT molecular complexity index is 883. The second-order valence-corrected chi connectivity index (χ2v) is 6.39. The number of carbonyl (C=O) groups excluding carboxylic acids is 1. The van der Waals surface area contributed by atoms with E-state index >= 15 is 0 Å². The van der Waals surface area contributed by atoms with Gasteiger partial charge in [-0.3, -0.25) is 4.79 Å². The molecule has 3 heteroatoms. The first-order valence-corrected chi connectivity index (χ1v) is 8.28. The maximum atomic E-state index is 12.4. The van der Waals surface area contributed by atoms with E-state index in [1.54, 1.807) is 6.07 Å². The Balaban J connectivity index is 2.27. The van der Waals surface area contributed by atoms with Crippen molar-refractivity contribution in [3.8, 4) is 11.1 Å². The van der Waals surface area contributed by atoms with E-state index in [1.807, 2.05) is 36.4 Å². The maximum absolute atomic E-state index is 12.4. The molecule has 1 aliphatic rings. The van der Waals surface area contributed by atoms with Crippen molar-refractivity contribution in [1.29, 1.82) is 0 Å². The molecular formula is C22H21NO2. The van der Waals surface area contributed by atoms with Crippen LogP contribution < -0.4 is 0 Å². The van der Waals surface area contributed by atoms with Gasteiger partial charge in [0.1, 0.15) is 5.71 Å². The number of carbonyl (C=O) groups is 1. The number of oxime groups is 1. The summed E-state index contributed by atoms with van der Waals surface area (Å²) in [4.78, 5) is 12.4. The molecule has 3 rings (SSSR count). The molecule has 25 heavy (non-hydrogen) atoms. The molecule has 0 radical (unpaired) electrons. The van der Waals surface area contributed by atoms with Crippen molar-refractivity contribution in [2.24, 2.45) is 5.16 Å². The number of nitrogens with zero attached hydrogens (tertiary/aromatic N) is 1. The van der Waals surface area contributed by atoms with E-state index in [0.29, 0.717) is 5.56 Å². The first-order valence-electron chi connectivity index (χ1n) is 8.28. The van der Waals surface area contributed by atoms with Gasteiger partial charge in [-0.15, -0.1) is 13.2 Å². The van der Waals surface area contributed by atoms with Gasteiger partial charge >= 0.3 is 0 Å². The van der Waals surface area contributed by atoms with Crippen LogP contribution in [0.2, 0.25) is 0 Å². The van der Waals surface area contributed by atoms with Crippen molar-refractivity contribution in [2.75, 3.05) is 0 Å². The highest BCUT2D eigenvalue weighted by atomic mass is 16.4. The first kappa shape index (κ1) is 16.9. The molecule has 0 aliphatic heterocycles. The first-order chi connectivity index (χ1) is 12.1. The Kier molecular flexibility index (Phi) is 4.41. The van der Waals surface area contributed by atoms with E-state index in [1.165, 1.54) is 18.1 Å². The fourth-order valence-corrected chi connectivity index (χ4v) is 3.87. The van der Waals surface area contributed by atoms with Crippen LogP contribution in [0.4, 0.5) is 0 Å². The monoisotopic (exact) mass is 331 g/mol. The molecule has 1 N–H and O–H groups in total. The van der Waals surface area contributed by atoms with Crippen molar-refractivity contribution in [2.45, 2.75) is 25.2 Å². The molecule has 0 aromatic heterocycles. The fraction of sp³-hybridized carbons (Fsp3) is 0.182. The van der Waals surface area contributed by atoms with Crippen LogP contribution in [-0.4, -0.2) is 16.7 Å². The summed E-state index contributed by atoms with van der Waals surface area (Å²) in [7, 11) is 0. The average molecular weight is 331 g/mol. The summed E-state index contributed by atoms with van der Waals surface area (Å²) in [5.41, 5.74) is 5.00. The van der Waals surface area contributed by atoms with Gasteiger partial charge in [0.05, 0.1) is 0 Å². The van der Waals surface area contributed by atoms with Crippen LogP contribution in [-0.2, 0) is 5.41 Å². The molecule has 0 heterocycles. The zero-order valence-electron chi connectivity index (χ0n) is 14.3. The topological polar surface area (TPSA) is 49.7 Å². The van der Waals surface area contributed by atoms with Gasteiger partial charge in [0.25, 0.3) is 0 Å². The minimum absolute atomic E-state index is 0.0773. The highest BCUT2D eigenvalue weighted by molar-refractivity contribution is 6.45. The number of allylic oxidation sites excluding steroid dienone is 2. The summed E-state index contributed by atoms with van der Waals surface area (Å²) in [6.07, 6.45) is 5.36. The smallest absolute Gasteiger partial charge is 0.210 e. The van der Waals surface area contributed by atoms with Crippen LogP contribution >= 0.6 is 0 Å². The Labute approximate surface area is 148 Å². The predicted molar refractivity (Wildman–Crippen MR) is 102 cm³/mol. The molecule has 3 nitrogen and oxygen atoms in total. The number of fused-ring (bicyclic) bond motifs is 3. The molecule has 126 valence electrons. The molecule has 0 saturated carbocycles. The number of benzene rings is 2. The molecule has 0 bridgehead atoms. The number of rotatable bonds is 6. The van der Waals surface area contributed by atoms with Crippen LogP contribution in [0, 0.1) is 0 Å². The van der Waals surface area contributed by atoms with Gasteiger partial charge in [-0.2, -0.15) is 0 Å². The van der Waals surface area contributed by atoms with Crippen LogP contribution in [0.5, 0.6) is 0 Å². The lowest BCUT2D eigenvalue weighted by Crippen LogP contribution is -2.24. The number of ketones is 1. The van der Waals surface area contributed by atoms with Crippen molar-refractivity contribution < 1.29 is 10.0 Å². The third-order valence-electron chi connectivity index (χ3n) is 4.99. The summed E-state index contributed by atoms with van der Waals surface area (Å²) in [5.74, 6) is -0.271. The summed E-state index contributed by atoms with van der Waals surface area (Å²) >= 11 is 0. The predicted octanol–water partition coefficient (Wildman–Crippen LogP) is 5.14. The Morgan fingerprint density at radius 3 is 2.36 bits per heavy atom. The summed E-state index contributed by atoms with van der Waals surface area (Å²) < 4.78 is 0. The second kappa shape index (κ2) is 6.52. The molecule has 0 amide bonds. The van der Waals surface area contributed by atoms with Crippen LogP contribution in [0.25, 0.3) is 11.1 Å². The van der Waals surface area contributed by atoms with Crippen molar-refractivity contribution in [3.05, 3.63) is 84.5 Å². The van der Waals surface area contributed by atoms with Gasteiger partial charge in [-0.05, 0) is 48.1 Å². The average Bonchev–Trinajstić information content (AvgIpc) is 2.91. The summed E-state index contributed by atoms with van der Waals surface area (Å²) in [5, 5.41) is 12.0. The molecule has 0 saturated heterocycles. The SMILES string of the molecule is C=CCC1(CC=C)c2ccccc2-c2ccc(C(=O)C(C)=NO)cc21. The van der Waals surface area contributed by atoms with Crippen molar-refractivity contribution >= 4 is 11.5 Å². The quantitative estimate of drug-likeness (QED) is 0.262. The highest BCUT2D eigenvalue weighted by Crippen LogP contribution is 2.53. The molecule has 2 aromatic carbocycles. The molecule has 0 fully saturated rings. The third kappa shape index (κ3) is 2.52. The fourth-order valence-electron chi connectivity index (χ4n) is 3.87. The van der Waals surface area contributed by atoms with E-state index in [9.17, 15) is 4.79 Å². The standard InChI is InChI=1S/C22H21NO2/c1-4-12-22(13-5-2)19-9-7-6-8-17(19)18-11-10-16(14-20(18)22)21(24)15(3)23-25/h4-11,14,25H,1-2,12-13H2,3H3. The van der Waals surface area contributed by atoms with Gasteiger partial charge in [0.2, 0.25) is 5.78 Å². The van der Waals surface area contributed by atoms with Crippen LogP contribution in [0.15, 0.2) is 72.9 Å². The number of hydrogen-bond acceptors (Lipinski definition) is 3. The van der Waals surface area contributed by atoms with E-state index in [2.05, 4.69) is 30.4 Å². The molecule has 0 unspecified atom stereocenters. The maximum Gasteiger partial charge on any atom is 0.210 e. The Hall–Kier alpha value is -2.94. The van der Waals surface area contributed by atoms with E-state index in [0.717, 1.165) is 24.0 Å². The zero-order valence-corrected chi connectivity index (χ0v) is 14.3. The van der Waals surface area contributed by atoms with E-state index in [-0.39, 0.29) is 16.9 Å². The summed E-state index contributed by atoms with van der Waals surface area (Å²) in [6.45, 7) is 9.39. The number of Topliss-reactive ketones (excluding diaryl/α,β-unsaturated/α-hetero) is 1. The molecule has 0 atom stereocenters. The van der Waals surface area contributed by atoms with Gasteiger partial charge < -0.3 is 5.21 Å². The Morgan fingerprint density at radius 2 is 1.72 bits per heavy atom. The number of hydrogen-bond donors (Lipinski definition) is 1. The third-order valence-corrected chi connectivity index (χ3v) is 4.99. The highest BCUT2D eigenvalue weighted by Gasteiger charge is 2.41. The second-order valence-electron chi connectivity index (χ2n) is 6.39. The van der Waals surface area contributed by atoms with E-state index < -0.39 is 0 Å². The van der Waals surface area contributed by atoms with Crippen LogP contribution in [0.3, 0.4) is 0 Å². The molecule has 2 aromatic rings. The van der Waals surface area contributed by atoms with Crippen molar-refractivity contribution in [3.63, 3.8) is 0 Å². The lowest BCUT2D eigenvalue weighted by Gasteiger charge is -2.30. The van der Waals surface area contributed by atoms with Gasteiger partial charge in [-0.25, -0.2) is 0 Å². The largest absolute Gasteiger partial charge is 0.411 e. The zero-order chi connectivity index (χ0) is 18.0. The van der Waals surface area contributed by atoms with Crippen molar-refractivity contribution in [1.82, 2.24) is 0 Å². The molecular weight excluding hydrogens is 310 g/mol. The van der Waals surface area contributed by atoms with E-state index in [4.69, 9.17) is 5.21 Å². The normalized spacial score (nSPS) is 14.5. The molecule has 0 spiro atoms. The lowest BCUT2D eigenvalue weighted by atomic mass is 9.72. The van der Waals surface area contributed by atoms with Crippen LogP contribution in [0.1, 0.15) is 41.3 Å². The minimum Gasteiger partial charge on any atom is -0.411 e.